The maximum absolute atomic E-state index is 11.8. The van der Waals surface area contributed by atoms with Gasteiger partial charge >= 0.3 is 5.97 Å². The summed E-state index contributed by atoms with van der Waals surface area (Å²) in [5.74, 6) is 0.0613. The number of fused-ring (bicyclic) bond motifs is 1. The van der Waals surface area contributed by atoms with Crippen molar-refractivity contribution >= 4 is 11.7 Å². The Kier molecular flexibility index (Phi) is 3.27. The molecule has 1 aromatic rings. The molecule has 0 spiro atoms. The molecule has 3 nitrogen and oxygen atoms in total. The summed E-state index contributed by atoms with van der Waals surface area (Å²) in [6.45, 7) is 6.38. The minimum absolute atomic E-state index is 0.254. The number of rotatable bonds is 3. The number of esters is 1. The predicted molar refractivity (Wildman–Crippen MR) is 67.2 cm³/mol. The van der Waals surface area contributed by atoms with E-state index in [4.69, 9.17) is 4.74 Å². The second-order valence-electron chi connectivity index (χ2n) is 4.41. The highest BCUT2D eigenvalue weighted by atomic mass is 16.5. The lowest BCUT2D eigenvalue weighted by molar-refractivity contribution is -0.144. The summed E-state index contributed by atoms with van der Waals surface area (Å²) in [5, 5.41) is 0. The fraction of sp³-hybridized carbons (Fsp3) is 0.429. The maximum Gasteiger partial charge on any atom is 0.335 e. The van der Waals surface area contributed by atoms with E-state index in [2.05, 4.69) is 18.8 Å². The van der Waals surface area contributed by atoms with Crippen LogP contribution in [0.3, 0.4) is 0 Å². The molecule has 3 heteroatoms. The lowest BCUT2D eigenvalue weighted by atomic mass is 9.96. The summed E-state index contributed by atoms with van der Waals surface area (Å²) < 4.78 is 5.06. The standard InChI is InChI=1S/C14H17NO2/c1-4-17-14(16)13-11-8-6-5-7-10(11)12(15-13)9(2)3/h5-9,13H,4H2,1-3H3. The zero-order chi connectivity index (χ0) is 12.4. The van der Waals surface area contributed by atoms with Crippen LogP contribution in [0.4, 0.5) is 0 Å². The van der Waals surface area contributed by atoms with Crippen LogP contribution in [0.25, 0.3) is 0 Å². The first-order chi connectivity index (χ1) is 8.15. The smallest absolute Gasteiger partial charge is 0.335 e. The highest BCUT2D eigenvalue weighted by Gasteiger charge is 2.31. The summed E-state index contributed by atoms with van der Waals surface area (Å²) in [7, 11) is 0. The molecule has 0 N–H and O–H groups in total. The number of carbonyl (C=O) groups is 1. The van der Waals surface area contributed by atoms with Gasteiger partial charge in [-0.1, -0.05) is 38.1 Å². The van der Waals surface area contributed by atoms with Crippen LogP contribution in [0, 0.1) is 5.92 Å². The Bertz CT molecular complexity index is 463. The van der Waals surface area contributed by atoms with Gasteiger partial charge < -0.3 is 4.74 Å². The maximum atomic E-state index is 11.8. The Morgan fingerprint density at radius 1 is 1.41 bits per heavy atom. The number of hydrogen-bond donors (Lipinski definition) is 0. The number of benzene rings is 1. The minimum atomic E-state index is -0.469. The molecule has 0 bridgehead atoms. The van der Waals surface area contributed by atoms with Crippen LogP contribution >= 0.6 is 0 Å². The molecule has 1 heterocycles. The van der Waals surface area contributed by atoms with Crippen molar-refractivity contribution in [3.05, 3.63) is 35.4 Å². The van der Waals surface area contributed by atoms with Crippen LogP contribution in [0.1, 0.15) is 37.9 Å². The molecular formula is C14H17NO2. The number of nitrogens with zero attached hydrogens (tertiary/aromatic N) is 1. The summed E-state index contributed by atoms with van der Waals surface area (Å²) in [5.41, 5.74) is 3.05. The van der Waals surface area contributed by atoms with E-state index in [1.807, 2.05) is 31.2 Å². The van der Waals surface area contributed by atoms with Gasteiger partial charge in [-0.05, 0) is 18.4 Å². The first-order valence-corrected chi connectivity index (χ1v) is 5.98. The van der Waals surface area contributed by atoms with Crippen LogP contribution < -0.4 is 0 Å². The predicted octanol–water partition coefficient (Wildman–Crippen LogP) is 2.75. The van der Waals surface area contributed by atoms with Crippen LogP contribution in [0.5, 0.6) is 0 Å². The Balaban J connectivity index is 2.40. The SMILES string of the molecule is CCOC(=O)C1N=C(C(C)C)c2ccccc21. The Labute approximate surface area is 102 Å². The monoisotopic (exact) mass is 231 g/mol. The molecule has 1 atom stereocenters. The molecule has 0 radical (unpaired) electrons. The van der Waals surface area contributed by atoms with Crippen molar-refractivity contribution in [1.29, 1.82) is 0 Å². The first-order valence-electron chi connectivity index (χ1n) is 5.98. The Morgan fingerprint density at radius 2 is 2.12 bits per heavy atom. The third-order valence-corrected chi connectivity index (χ3v) is 2.86. The molecule has 1 aliphatic heterocycles. The minimum Gasteiger partial charge on any atom is -0.464 e. The van der Waals surface area contributed by atoms with Gasteiger partial charge in [0.1, 0.15) is 0 Å². The van der Waals surface area contributed by atoms with Crippen molar-refractivity contribution in [3.8, 4) is 0 Å². The number of hydrogen-bond acceptors (Lipinski definition) is 3. The molecule has 1 aromatic carbocycles. The molecule has 0 amide bonds. The molecule has 2 rings (SSSR count). The van der Waals surface area contributed by atoms with Crippen molar-refractivity contribution in [1.82, 2.24) is 0 Å². The lowest BCUT2D eigenvalue weighted by Crippen LogP contribution is -2.12. The van der Waals surface area contributed by atoms with E-state index in [9.17, 15) is 4.79 Å². The third-order valence-electron chi connectivity index (χ3n) is 2.86. The Hall–Kier alpha value is -1.64. The van der Waals surface area contributed by atoms with E-state index >= 15 is 0 Å². The van der Waals surface area contributed by atoms with Gasteiger partial charge in [0.2, 0.25) is 0 Å². The number of aliphatic imine (C=N–C) groups is 1. The second-order valence-corrected chi connectivity index (χ2v) is 4.41. The van der Waals surface area contributed by atoms with Gasteiger partial charge in [0, 0.05) is 11.3 Å². The van der Waals surface area contributed by atoms with Gasteiger partial charge in [-0.15, -0.1) is 0 Å². The zero-order valence-electron chi connectivity index (χ0n) is 10.4. The van der Waals surface area contributed by atoms with E-state index in [1.54, 1.807) is 0 Å². The summed E-state index contributed by atoms with van der Waals surface area (Å²) in [6.07, 6.45) is 0. The van der Waals surface area contributed by atoms with E-state index in [0.29, 0.717) is 12.5 Å². The largest absolute Gasteiger partial charge is 0.464 e. The molecule has 0 fully saturated rings. The molecule has 1 aliphatic rings. The lowest BCUT2D eigenvalue weighted by Gasteiger charge is -2.08. The number of carbonyl (C=O) groups excluding carboxylic acids is 1. The van der Waals surface area contributed by atoms with E-state index < -0.39 is 6.04 Å². The van der Waals surface area contributed by atoms with Crippen LogP contribution in [-0.4, -0.2) is 18.3 Å². The van der Waals surface area contributed by atoms with Crippen LogP contribution in [0.2, 0.25) is 0 Å². The van der Waals surface area contributed by atoms with Crippen molar-refractivity contribution in [2.24, 2.45) is 10.9 Å². The zero-order valence-corrected chi connectivity index (χ0v) is 10.4. The highest BCUT2D eigenvalue weighted by Crippen LogP contribution is 2.32. The summed E-state index contributed by atoms with van der Waals surface area (Å²) >= 11 is 0. The van der Waals surface area contributed by atoms with Crippen molar-refractivity contribution in [2.75, 3.05) is 6.61 Å². The molecule has 17 heavy (non-hydrogen) atoms. The van der Waals surface area contributed by atoms with Gasteiger partial charge in [-0.3, -0.25) is 4.99 Å². The van der Waals surface area contributed by atoms with E-state index in [1.165, 1.54) is 0 Å². The van der Waals surface area contributed by atoms with Crippen LogP contribution in [0.15, 0.2) is 29.3 Å². The fourth-order valence-corrected chi connectivity index (χ4v) is 2.11. The molecular weight excluding hydrogens is 214 g/mol. The van der Waals surface area contributed by atoms with Crippen molar-refractivity contribution < 1.29 is 9.53 Å². The second kappa shape index (κ2) is 4.70. The average Bonchev–Trinajstić information content (AvgIpc) is 2.69. The van der Waals surface area contributed by atoms with Crippen LogP contribution in [-0.2, 0) is 9.53 Å². The average molecular weight is 231 g/mol. The third kappa shape index (κ3) is 2.09. The van der Waals surface area contributed by atoms with Gasteiger partial charge in [0.05, 0.1) is 6.61 Å². The van der Waals surface area contributed by atoms with Gasteiger partial charge in [-0.25, -0.2) is 4.79 Å². The van der Waals surface area contributed by atoms with E-state index in [-0.39, 0.29) is 5.97 Å². The molecule has 0 saturated carbocycles. The van der Waals surface area contributed by atoms with Gasteiger partial charge in [0.15, 0.2) is 6.04 Å². The summed E-state index contributed by atoms with van der Waals surface area (Å²) in [6, 6.07) is 7.42. The highest BCUT2D eigenvalue weighted by molar-refractivity contribution is 6.08. The van der Waals surface area contributed by atoms with Crippen molar-refractivity contribution in [2.45, 2.75) is 26.8 Å². The molecule has 0 aromatic heterocycles. The summed E-state index contributed by atoms with van der Waals surface area (Å²) in [4.78, 5) is 16.4. The molecule has 1 unspecified atom stereocenters. The topological polar surface area (TPSA) is 38.7 Å². The van der Waals surface area contributed by atoms with E-state index in [0.717, 1.165) is 16.8 Å². The Morgan fingerprint density at radius 3 is 2.76 bits per heavy atom. The fourth-order valence-electron chi connectivity index (χ4n) is 2.11. The first kappa shape index (κ1) is 11.8. The normalized spacial score (nSPS) is 17.9. The van der Waals surface area contributed by atoms with Crippen molar-refractivity contribution in [3.63, 3.8) is 0 Å². The molecule has 90 valence electrons. The number of ether oxygens (including phenoxy) is 1. The molecule has 0 aliphatic carbocycles. The quantitative estimate of drug-likeness (QED) is 0.750. The molecule has 0 saturated heterocycles. The van der Waals surface area contributed by atoms with Gasteiger partial charge in [0.25, 0.3) is 0 Å². The van der Waals surface area contributed by atoms with Gasteiger partial charge in [-0.2, -0.15) is 0 Å².